The van der Waals surface area contributed by atoms with Crippen LogP contribution in [0.3, 0.4) is 0 Å². The SMILES string of the molecule is CNC(=O)c1nn(CC2(c3cc(C)cc(C(F)(F)F)c3)CCCC2)cc(O)c1=O. The lowest BCUT2D eigenvalue weighted by Gasteiger charge is -2.31. The maximum absolute atomic E-state index is 13.3. The monoisotopic (exact) mass is 409 g/mol. The van der Waals surface area contributed by atoms with Crippen molar-refractivity contribution in [3.05, 3.63) is 57.0 Å². The van der Waals surface area contributed by atoms with Gasteiger partial charge in [-0.25, -0.2) is 0 Å². The van der Waals surface area contributed by atoms with Crippen molar-refractivity contribution in [3.63, 3.8) is 0 Å². The average molecular weight is 409 g/mol. The number of nitrogens with zero attached hydrogens (tertiary/aromatic N) is 2. The fraction of sp³-hybridized carbons (Fsp3) is 0.450. The Kier molecular flexibility index (Phi) is 5.42. The zero-order valence-electron chi connectivity index (χ0n) is 16.1. The number of hydrogen-bond donors (Lipinski definition) is 2. The highest BCUT2D eigenvalue weighted by Crippen LogP contribution is 2.44. The minimum absolute atomic E-state index is 0.144. The van der Waals surface area contributed by atoms with Crippen LogP contribution in [0.2, 0.25) is 0 Å². The van der Waals surface area contributed by atoms with Crippen LogP contribution in [-0.2, 0) is 18.1 Å². The largest absolute Gasteiger partial charge is 0.503 e. The van der Waals surface area contributed by atoms with Crippen molar-refractivity contribution in [2.75, 3.05) is 7.05 Å². The Morgan fingerprint density at radius 1 is 1.28 bits per heavy atom. The lowest BCUT2D eigenvalue weighted by atomic mass is 9.77. The number of aromatic hydroxyl groups is 1. The standard InChI is InChI=1S/C20H22F3N3O3/c1-12-7-13(9-14(8-12)20(21,22)23)19(5-3-4-6-19)11-26-10-15(27)17(28)16(25-26)18(29)24-2/h7-10,27H,3-6,11H2,1-2H3,(H,24,29). The van der Waals surface area contributed by atoms with Crippen molar-refractivity contribution in [1.29, 1.82) is 0 Å². The molecule has 1 aliphatic carbocycles. The van der Waals surface area contributed by atoms with Gasteiger partial charge in [0.15, 0.2) is 11.4 Å². The highest BCUT2D eigenvalue weighted by atomic mass is 19.4. The highest BCUT2D eigenvalue weighted by Gasteiger charge is 2.39. The van der Waals surface area contributed by atoms with E-state index in [0.29, 0.717) is 24.0 Å². The number of aromatic nitrogens is 2. The molecule has 1 amide bonds. The number of nitrogens with one attached hydrogen (secondary N) is 1. The van der Waals surface area contributed by atoms with Gasteiger partial charge in [0.1, 0.15) is 0 Å². The van der Waals surface area contributed by atoms with E-state index >= 15 is 0 Å². The summed E-state index contributed by atoms with van der Waals surface area (Å²) >= 11 is 0. The van der Waals surface area contributed by atoms with Crippen LogP contribution in [0, 0.1) is 6.92 Å². The summed E-state index contributed by atoms with van der Waals surface area (Å²) < 4.78 is 41.3. The molecule has 0 radical (unpaired) electrons. The number of carbonyl (C=O) groups excluding carboxylic acids is 1. The van der Waals surface area contributed by atoms with Crippen LogP contribution in [0.5, 0.6) is 5.75 Å². The molecule has 1 aliphatic rings. The molecule has 0 saturated heterocycles. The predicted molar refractivity (Wildman–Crippen MR) is 99.9 cm³/mol. The molecule has 3 rings (SSSR count). The van der Waals surface area contributed by atoms with Crippen molar-refractivity contribution in [3.8, 4) is 5.75 Å². The lowest BCUT2D eigenvalue weighted by Crippen LogP contribution is -2.34. The zero-order chi connectivity index (χ0) is 21.4. The van der Waals surface area contributed by atoms with Crippen molar-refractivity contribution in [2.24, 2.45) is 0 Å². The molecule has 6 nitrogen and oxygen atoms in total. The van der Waals surface area contributed by atoms with Crippen molar-refractivity contribution in [2.45, 2.75) is 50.7 Å². The van der Waals surface area contributed by atoms with Gasteiger partial charge in [-0.3, -0.25) is 14.3 Å². The molecule has 1 heterocycles. The number of rotatable bonds is 4. The number of aryl methyl sites for hydroxylation is 1. The topological polar surface area (TPSA) is 84.2 Å². The quantitative estimate of drug-likeness (QED) is 0.813. The van der Waals surface area contributed by atoms with E-state index in [-0.39, 0.29) is 6.54 Å². The predicted octanol–water partition coefficient (Wildman–Crippen LogP) is 3.15. The maximum atomic E-state index is 13.3. The van der Waals surface area contributed by atoms with Crippen LogP contribution in [0.15, 0.2) is 29.2 Å². The summed E-state index contributed by atoms with van der Waals surface area (Å²) in [6.45, 7) is 1.76. The van der Waals surface area contributed by atoms with Gasteiger partial charge >= 0.3 is 6.18 Å². The third-order valence-corrected chi connectivity index (χ3v) is 5.43. The van der Waals surface area contributed by atoms with E-state index < -0.39 is 39.9 Å². The van der Waals surface area contributed by atoms with E-state index in [2.05, 4.69) is 10.4 Å². The molecule has 0 unspecified atom stereocenters. The average Bonchev–Trinajstić information content (AvgIpc) is 3.12. The summed E-state index contributed by atoms with van der Waals surface area (Å²) in [5, 5.41) is 16.3. The van der Waals surface area contributed by atoms with Gasteiger partial charge in [0.2, 0.25) is 0 Å². The van der Waals surface area contributed by atoms with Crippen LogP contribution in [0.25, 0.3) is 0 Å². The van der Waals surface area contributed by atoms with Gasteiger partial charge in [-0.05, 0) is 37.5 Å². The molecule has 1 aromatic heterocycles. The molecule has 9 heteroatoms. The Hall–Kier alpha value is -2.84. The van der Waals surface area contributed by atoms with Crippen molar-refractivity contribution < 1.29 is 23.1 Å². The van der Waals surface area contributed by atoms with Gasteiger partial charge in [-0.1, -0.05) is 24.5 Å². The van der Waals surface area contributed by atoms with E-state index in [4.69, 9.17) is 0 Å². The Labute approximate surface area is 165 Å². The molecule has 29 heavy (non-hydrogen) atoms. The third-order valence-electron chi connectivity index (χ3n) is 5.43. The summed E-state index contributed by atoms with van der Waals surface area (Å²) in [5.74, 6) is -1.37. The summed E-state index contributed by atoms with van der Waals surface area (Å²) in [7, 11) is 1.34. The fourth-order valence-electron chi connectivity index (χ4n) is 4.02. The smallest absolute Gasteiger partial charge is 0.416 e. The maximum Gasteiger partial charge on any atom is 0.416 e. The zero-order valence-corrected chi connectivity index (χ0v) is 16.1. The van der Waals surface area contributed by atoms with Gasteiger partial charge in [-0.2, -0.15) is 18.3 Å². The summed E-state index contributed by atoms with van der Waals surface area (Å²) in [6.07, 6.45) is -0.390. The van der Waals surface area contributed by atoms with E-state index in [0.717, 1.165) is 25.1 Å². The second-order valence-corrected chi connectivity index (χ2v) is 7.54. The minimum Gasteiger partial charge on any atom is -0.503 e. The van der Waals surface area contributed by atoms with Gasteiger partial charge in [-0.15, -0.1) is 0 Å². The number of amides is 1. The molecule has 1 saturated carbocycles. The molecule has 2 N–H and O–H groups in total. The number of carbonyl (C=O) groups is 1. The molecule has 156 valence electrons. The van der Waals surface area contributed by atoms with Crippen LogP contribution in [0.1, 0.15) is 52.9 Å². The van der Waals surface area contributed by atoms with Gasteiger partial charge < -0.3 is 10.4 Å². The van der Waals surface area contributed by atoms with Gasteiger partial charge in [0.05, 0.1) is 18.3 Å². The molecule has 1 fully saturated rings. The van der Waals surface area contributed by atoms with Crippen molar-refractivity contribution >= 4 is 5.91 Å². The van der Waals surface area contributed by atoms with Crippen LogP contribution < -0.4 is 10.7 Å². The second-order valence-electron chi connectivity index (χ2n) is 7.54. The van der Waals surface area contributed by atoms with Crippen molar-refractivity contribution in [1.82, 2.24) is 15.1 Å². The van der Waals surface area contributed by atoms with Crippen LogP contribution in [0.4, 0.5) is 13.2 Å². The normalized spacial score (nSPS) is 16.0. The first-order valence-corrected chi connectivity index (χ1v) is 9.28. The Bertz CT molecular complexity index is 993. The van der Waals surface area contributed by atoms with Gasteiger partial charge in [0.25, 0.3) is 11.3 Å². The lowest BCUT2D eigenvalue weighted by molar-refractivity contribution is -0.137. The Morgan fingerprint density at radius 2 is 1.93 bits per heavy atom. The van der Waals surface area contributed by atoms with E-state index in [1.165, 1.54) is 17.8 Å². The van der Waals surface area contributed by atoms with Crippen LogP contribution >= 0.6 is 0 Å². The van der Waals surface area contributed by atoms with E-state index in [1.54, 1.807) is 13.0 Å². The second kappa shape index (κ2) is 7.53. The first-order chi connectivity index (χ1) is 13.6. The highest BCUT2D eigenvalue weighted by molar-refractivity contribution is 5.92. The van der Waals surface area contributed by atoms with Crippen LogP contribution in [-0.4, -0.2) is 27.8 Å². The molecular formula is C20H22F3N3O3. The molecule has 0 spiro atoms. The summed E-state index contributed by atoms with van der Waals surface area (Å²) in [5.41, 5.74) is -1.65. The number of benzene rings is 1. The van der Waals surface area contributed by atoms with Gasteiger partial charge in [0, 0.05) is 12.5 Å². The number of hydrogen-bond acceptors (Lipinski definition) is 4. The molecular weight excluding hydrogens is 387 g/mol. The summed E-state index contributed by atoms with van der Waals surface area (Å²) in [6, 6.07) is 4.02. The summed E-state index contributed by atoms with van der Waals surface area (Å²) in [4.78, 5) is 23.9. The molecule has 0 bridgehead atoms. The Balaban J connectivity index is 2.08. The minimum atomic E-state index is -4.46. The first-order valence-electron chi connectivity index (χ1n) is 9.28. The molecule has 0 atom stereocenters. The third kappa shape index (κ3) is 4.13. The Morgan fingerprint density at radius 3 is 2.52 bits per heavy atom. The number of halogens is 3. The van der Waals surface area contributed by atoms with E-state index in [1.807, 2.05) is 0 Å². The number of alkyl halides is 3. The first kappa shape index (κ1) is 20.9. The molecule has 1 aromatic carbocycles. The molecule has 0 aliphatic heterocycles. The van der Waals surface area contributed by atoms with E-state index in [9.17, 15) is 27.9 Å². The fourth-order valence-corrected chi connectivity index (χ4v) is 4.02. The molecule has 2 aromatic rings.